The lowest BCUT2D eigenvalue weighted by molar-refractivity contribution is -0.113. The number of hydrogen-bond donors (Lipinski definition) is 2. The second kappa shape index (κ2) is 8.63. The molecule has 2 N–H and O–H groups in total. The summed E-state index contributed by atoms with van der Waals surface area (Å²) in [5.41, 5.74) is 3.25. The van der Waals surface area contributed by atoms with E-state index in [4.69, 9.17) is 0 Å². The number of nitrogens with one attached hydrogen (secondary N) is 2. The van der Waals surface area contributed by atoms with Crippen molar-refractivity contribution in [2.24, 2.45) is 0 Å². The van der Waals surface area contributed by atoms with Crippen molar-refractivity contribution in [2.75, 3.05) is 5.32 Å². The molecule has 0 spiro atoms. The van der Waals surface area contributed by atoms with E-state index in [1.807, 2.05) is 67.6 Å². The molecule has 0 aromatic heterocycles. The maximum absolute atomic E-state index is 12.8. The Hall–Kier alpha value is -3.66. The molecule has 0 bridgehead atoms. The van der Waals surface area contributed by atoms with Gasteiger partial charge in [0.2, 0.25) is 0 Å². The topological polar surface area (TPSA) is 58.2 Å². The summed E-state index contributed by atoms with van der Waals surface area (Å²) in [6.45, 7) is 1.98. The fourth-order valence-electron chi connectivity index (χ4n) is 2.49. The predicted molar refractivity (Wildman–Crippen MR) is 108 cm³/mol. The summed E-state index contributed by atoms with van der Waals surface area (Å²) >= 11 is 0. The third-order valence-corrected chi connectivity index (χ3v) is 3.95. The van der Waals surface area contributed by atoms with Crippen molar-refractivity contribution in [3.05, 3.63) is 107 Å². The number of benzene rings is 3. The smallest absolute Gasteiger partial charge is 0.272 e. The van der Waals surface area contributed by atoms with Gasteiger partial charge in [-0.25, -0.2) is 0 Å². The van der Waals surface area contributed by atoms with E-state index in [1.165, 1.54) is 0 Å². The van der Waals surface area contributed by atoms with Crippen molar-refractivity contribution in [3.8, 4) is 0 Å². The largest absolute Gasteiger partial charge is 0.321 e. The number of hydrogen-bond acceptors (Lipinski definition) is 2. The molecular formula is C23H20N2O2. The van der Waals surface area contributed by atoms with Crippen LogP contribution in [-0.2, 0) is 4.79 Å². The second-order valence-electron chi connectivity index (χ2n) is 6.11. The summed E-state index contributed by atoms with van der Waals surface area (Å²) in [6.07, 6.45) is 1.66. The Balaban J connectivity index is 1.85. The molecule has 4 heteroatoms. The van der Waals surface area contributed by atoms with E-state index in [2.05, 4.69) is 10.6 Å². The third-order valence-electron chi connectivity index (χ3n) is 3.95. The van der Waals surface area contributed by atoms with Crippen molar-refractivity contribution in [3.63, 3.8) is 0 Å². The molecule has 2 amide bonds. The molecule has 0 heterocycles. The molecule has 0 fully saturated rings. The highest BCUT2D eigenvalue weighted by atomic mass is 16.2. The zero-order chi connectivity index (χ0) is 19.1. The lowest BCUT2D eigenvalue weighted by Crippen LogP contribution is -2.30. The molecule has 0 aliphatic heterocycles. The molecule has 0 saturated carbocycles. The molecule has 0 aliphatic carbocycles. The van der Waals surface area contributed by atoms with Gasteiger partial charge in [-0.3, -0.25) is 9.59 Å². The Morgan fingerprint density at radius 1 is 0.778 bits per heavy atom. The Morgan fingerprint density at radius 2 is 1.37 bits per heavy atom. The number of amides is 2. The molecule has 0 unspecified atom stereocenters. The molecule has 4 nitrogen and oxygen atoms in total. The highest BCUT2D eigenvalue weighted by molar-refractivity contribution is 6.10. The number of carbonyl (C=O) groups excluding carboxylic acids is 2. The molecule has 27 heavy (non-hydrogen) atoms. The SMILES string of the molecule is Cc1ccc(NC(=O)/C(=C/c2ccccc2)NC(=O)c2ccccc2)cc1. The predicted octanol–water partition coefficient (Wildman–Crippen LogP) is 4.40. The Labute approximate surface area is 158 Å². The van der Waals surface area contributed by atoms with Crippen LogP contribution < -0.4 is 10.6 Å². The Kier molecular flexibility index (Phi) is 5.80. The number of anilines is 1. The van der Waals surface area contributed by atoms with Gasteiger partial charge in [-0.05, 0) is 42.8 Å². The Morgan fingerprint density at radius 3 is 2.00 bits per heavy atom. The molecule has 3 aromatic rings. The van der Waals surface area contributed by atoms with Crippen LogP contribution in [0.25, 0.3) is 6.08 Å². The van der Waals surface area contributed by atoms with Gasteiger partial charge in [-0.1, -0.05) is 66.2 Å². The number of aryl methyl sites for hydroxylation is 1. The maximum Gasteiger partial charge on any atom is 0.272 e. The van der Waals surface area contributed by atoms with E-state index >= 15 is 0 Å². The summed E-state index contributed by atoms with van der Waals surface area (Å²) in [4.78, 5) is 25.3. The first-order chi connectivity index (χ1) is 13.1. The van der Waals surface area contributed by atoms with Crippen LogP contribution in [0, 0.1) is 6.92 Å². The summed E-state index contributed by atoms with van der Waals surface area (Å²) in [7, 11) is 0. The summed E-state index contributed by atoms with van der Waals surface area (Å²) in [5.74, 6) is -0.719. The molecule has 0 atom stereocenters. The molecule has 3 rings (SSSR count). The van der Waals surface area contributed by atoms with E-state index in [0.29, 0.717) is 11.3 Å². The van der Waals surface area contributed by atoms with Gasteiger partial charge in [0, 0.05) is 11.3 Å². The lowest BCUT2D eigenvalue weighted by Gasteiger charge is -2.11. The molecule has 0 saturated heterocycles. The first kappa shape index (κ1) is 18.1. The van der Waals surface area contributed by atoms with Gasteiger partial charge >= 0.3 is 0 Å². The monoisotopic (exact) mass is 356 g/mol. The van der Waals surface area contributed by atoms with Gasteiger partial charge < -0.3 is 10.6 Å². The summed E-state index contributed by atoms with van der Waals surface area (Å²) in [5, 5.41) is 5.55. The second-order valence-corrected chi connectivity index (χ2v) is 6.11. The van der Waals surface area contributed by atoms with Crippen molar-refractivity contribution in [2.45, 2.75) is 6.92 Å². The fraction of sp³-hybridized carbons (Fsp3) is 0.0435. The van der Waals surface area contributed by atoms with Crippen molar-refractivity contribution in [1.29, 1.82) is 0 Å². The van der Waals surface area contributed by atoms with Crippen LogP contribution in [-0.4, -0.2) is 11.8 Å². The molecule has 0 radical (unpaired) electrons. The van der Waals surface area contributed by atoms with Crippen LogP contribution in [0.15, 0.2) is 90.6 Å². The van der Waals surface area contributed by atoms with Gasteiger partial charge in [-0.15, -0.1) is 0 Å². The average molecular weight is 356 g/mol. The summed E-state index contributed by atoms with van der Waals surface area (Å²) in [6, 6.07) is 25.7. The van der Waals surface area contributed by atoms with Crippen LogP contribution in [0.4, 0.5) is 5.69 Å². The Bertz CT molecular complexity index is 947. The minimum absolute atomic E-state index is 0.177. The molecule has 134 valence electrons. The van der Waals surface area contributed by atoms with Gasteiger partial charge in [0.25, 0.3) is 11.8 Å². The zero-order valence-electron chi connectivity index (χ0n) is 15.0. The van der Waals surface area contributed by atoms with E-state index in [1.54, 1.807) is 30.3 Å². The van der Waals surface area contributed by atoms with Crippen LogP contribution >= 0.6 is 0 Å². The quantitative estimate of drug-likeness (QED) is 0.666. The minimum Gasteiger partial charge on any atom is -0.321 e. The van der Waals surface area contributed by atoms with Gasteiger partial charge in [-0.2, -0.15) is 0 Å². The highest BCUT2D eigenvalue weighted by Crippen LogP contribution is 2.12. The number of rotatable bonds is 5. The standard InChI is InChI=1S/C23H20N2O2/c1-17-12-14-20(15-13-17)24-23(27)21(16-18-8-4-2-5-9-18)25-22(26)19-10-6-3-7-11-19/h2-16H,1H3,(H,24,27)(H,25,26)/b21-16-. The normalized spacial score (nSPS) is 10.9. The maximum atomic E-state index is 12.8. The summed E-state index contributed by atoms with van der Waals surface area (Å²) < 4.78 is 0. The average Bonchev–Trinajstić information content (AvgIpc) is 2.70. The van der Waals surface area contributed by atoms with Gasteiger partial charge in [0.1, 0.15) is 5.70 Å². The van der Waals surface area contributed by atoms with E-state index in [-0.39, 0.29) is 17.5 Å². The van der Waals surface area contributed by atoms with E-state index in [9.17, 15) is 9.59 Å². The highest BCUT2D eigenvalue weighted by Gasteiger charge is 2.14. The van der Waals surface area contributed by atoms with Crippen LogP contribution in [0.5, 0.6) is 0 Å². The van der Waals surface area contributed by atoms with Crippen LogP contribution in [0.2, 0.25) is 0 Å². The van der Waals surface area contributed by atoms with Crippen molar-refractivity contribution < 1.29 is 9.59 Å². The van der Waals surface area contributed by atoms with E-state index < -0.39 is 0 Å². The molecule has 0 aliphatic rings. The fourth-order valence-corrected chi connectivity index (χ4v) is 2.49. The van der Waals surface area contributed by atoms with E-state index in [0.717, 1.165) is 11.1 Å². The molecular weight excluding hydrogens is 336 g/mol. The van der Waals surface area contributed by atoms with Gasteiger partial charge in [0.15, 0.2) is 0 Å². The zero-order valence-corrected chi connectivity index (χ0v) is 15.0. The lowest BCUT2D eigenvalue weighted by atomic mass is 10.1. The van der Waals surface area contributed by atoms with Gasteiger partial charge in [0.05, 0.1) is 0 Å². The number of carbonyl (C=O) groups is 2. The first-order valence-corrected chi connectivity index (χ1v) is 8.63. The van der Waals surface area contributed by atoms with Crippen LogP contribution in [0.3, 0.4) is 0 Å². The first-order valence-electron chi connectivity index (χ1n) is 8.63. The minimum atomic E-state index is -0.382. The van der Waals surface area contributed by atoms with Crippen molar-refractivity contribution >= 4 is 23.6 Å². The third kappa shape index (κ3) is 5.16. The van der Waals surface area contributed by atoms with Crippen molar-refractivity contribution in [1.82, 2.24) is 5.32 Å². The molecule has 3 aromatic carbocycles. The van der Waals surface area contributed by atoms with Crippen LogP contribution in [0.1, 0.15) is 21.5 Å².